The molecule has 1 unspecified atom stereocenters. The van der Waals surface area contributed by atoms with Crippen LogP contribution in [0.5, 0.6) is 0 Å². The van der Waals surface area contributed by atoms with Crippen LogP contribution in [-0.2, 0) is 15.6 Å². The molecule has 0 spiro atoms. The van der Waals surface area contributed by atoms with E-state index in [1.54, 1.807) is 54.8 Å². The first-order chi connectivity index (χ1) is 10.5. The molecule has 5 nitrogen and oxygen atoms in total. The molecule has 0 fully saturated rings. The molecule has 114 valence electrons. The maximum absolute atomic E-state index is 12.2. The number of carbonyl (C=O) groups excluding carboxylic acids is 2. The summed E-state index contributed by atoms with van der Waals surface area (Å²) in [5.74, 6) is -0.444. The molecular weight excluding hydrogens is 300 g/mol. The second-order valence-corrected chi connectivity index (χ2v) is 6.07. The lowest BCUT2D eigenvalue weighted by atomic mass is 10.2. The van der Waals surface area contributed by atoms with E-state index >= 15 is 0 Å². The summed E-state index contributed by atoms with van der Waals surface area (Å²) in [6, 6.07) is 13.5. The highest BCUT2D eigenvalue weighted by Crippen LogP contribution is 2.16. The summed E-state index contributed by atoms with van der Waals surface area (Å²) in [7, 11) is -1.07. The van der Waals surface area contributed by atoms with Crippen molar-refractivity contribution in [3.05, 3.63) is 54.1 Å². The molecule has 0 aliphatic rings. The smallest absolute Gasteiger partial charge is 0.255 e. The number of rotatable bonds is 4. The number of benzene rings is 2. The van der Waals surface area contributed by atoms with Crippen molar-refractivity contribution in [2.45, 2.75) is 11.8 Å². The van der Waals surface area contributed by atoms with Gasteiger partial charge in [-0.2, -0.15) is 0 Å². The summed E-state index contributed by atoms with van der Waals surface area (Å²) in [6.07, 6.45) is 1.59. The van der Waals surface area contributed by atoms with E-state index in [1.165, 1.54) is 6.92 Å². The Hall–Kier alpha value is -2.47. The Kier molecular flexibility index (Phi) is 5.06. The number of hydrogen-bond donors (Lipinski definition) is 2. The van der Waals surface area contributed by atoms with Gasteiger partial charge in [0.25, 0.3) is 5.91 Å². The Morgan fingerprint density at radius 1 is 0.955 bits per heavy atom. The molecule has 0 saturated heterocycles. The van der Waals surface area contributed by atoms with Crippen molar-refractivity contribution in [1.29, 1.82) is 0 Å². The van der Waals surface area contributed by atoms with Crippen LogP contribution < -0.4 is 10.6 Å². The van der Waals surface area contributed by atoms with E-state index in [0.29, 0.717) is 21.8 Å². The van der Waals surface area contributed by atoms with Gasteiger partial charge in [-0.1, -0.05) is 6.07 Å². The van der Waals surface area contributed by atoms with Crippen molar-refractivity contribution in [2.24, 2.45) is 0 Å². The maximum atomic E-state index is 12.2. The Morgan fingerprint density at radius 3 is 2.09 bits per heavy atom. The van der Waals surface area contributed by atoms with Crippen molar-refractivity contribution in [3.8, 4) is 0 Å². The topological polar surface area (TPSA) is 75.3 Å². The van der Waals surface area contributed by atoms with Gasteiger partial charge in [0.1, 0.15) is 0 Å². The molecule has 2 N–H and O–H groups in total. The van der Waals surface area contributed by atoms with Crippen LogP contribution in [0.4, 0.5) is 11.4 Å². The fourth-order valence-electron chi connectivity index (χ4n) is 1.88. The number of anilines is 2. The predicted octanol–water partition coefficient (Wildman–Crippen LogP) is 2.63. The zero-order chi connectivity index (χ0) is 16.1. The second-order valence-electron chi connectivity index (χ2n) is 4.69. The van der Waals surface area contributed by atoms with Crippen LogP contribution in [0.15, 0.2) is 53.4 Å². The SMILES string of the molecule is CC(=O)Nc1cccc(NC(=O)c2ccc(S(C)=O)cc2)c1. The van der Waals surface area contributed by atoms with Crippen LogP contribution in [0.1, 0.15) is 17.3 Å². The summed E-state index contributed by atoms with van der Waals surface area (Å²) in [5, 5.41) is 5.41. The predicted molar refractivity (Wildman–Crippen MR) is 87.5 cm³/mol. The lowest BCUT2D eigenvalue weighted by molar-refractivity contribution is -0.114. The summed E-state index contributed by atoms with van der Waals surface area (Å²) < 4.78 is 11.3. The first-order valence-electron chi connectivity index (χ1n) is 6.58. The van der Waals surface area contributed by atoms with Gasteiger partial charge in [0.15, 0.2) is 0 Å². The quantitative estimate of drug-likeness (QED) is 0.910. The van der Waals surface area contributed by atoms with Crippen molar-refractivity contribution >= 4 is 34.0 Å². The number of amides is 2. The van der Waals surface area contributed by atoms with Gasteiger partial charge < -0.3 is 10.6 Å². The normalized spacial score (nSPS) is 11.5. The van der Waals surface area contributed by atoms with Crippen LogP contribution in [-0.4, -0.2) is 22.3 Å². The Balaban J connectivity index is 2.11. The standard InChI is InChI=1S/C16H16N2O3S/c1-11(19)17-13-4-3-5-14(10-13)18-16(20)12-6-8-15(9-7-12)22(2)21/h3-10H,1-2H3,(H,17,19)(H,18,20). The van der Waals surface area contributed by atoms with Gasteiger partial charge in [-0.3, -0.25) is 13.8 Å². The van der Waals surface area contributed by atoms with Crippen LogP contribution in [0, 0.1) is 0 Å². The Bertz CT molecular complexity index is 726. The van der Waals surface area contributed by atoms with E-state index in [9.17, 15) is 13.8 Å². The lowest BCUT2D eigenvalue weighted by Crippen LogP contribution is -2.12. The van der Waals surface area contributed by atoms with Crippen molar-refractivity contribution in [2.75, 3.05) is 16.9 Å². The van der Waals surface area contributed by atoms with E-state index in [-0.39, 0.29) is 11.8 Å². The molecule has 0 radical (unpaired) electrons. The van der Waals surface area contributed by atoms with E-state index < -0.39 is 10.8 Å². The molecule has 0 saturated carbocycles. The molecular formula is C16H16N2O3S. The Labute approximate surface area is 131 Å². The van der Waals surface area contributed by atoms with Gasteiger partial charge in [0.05, 0.1) is 0 Å². The zero-order valence-electron chi connectivity index (χ0n) is 12.3. The first-order valence-corrected chi connectivity index (χ1v) is 8.14. The van der Waals surface area contributed by atoms with E-state index in [2.05, 4.69) is 10.6 Å². The maximum Gasteiger partial charge on any atom is 0.255 e. The summed E-state index contributed by atoms with van der Waals surface area (Å²) in [5.41, 5.74) is 1.67. The largest absolute Gasteiger partial charge is 0.326 e. The first kappa shape index (κ1) is 15.9. The highest BCUT2D eigenvalue weighted by atomic mass is 32.2. The highest BCUT2D eigenvalue weighted by molar-refractivity contribution is 7.84. The Morgan fingerprint density at radius 2 is 1.55 bits per heavy atom. The number of nitrogens with one attached hydrogen (secondary N) is 2. The number of hydrogen-bond acceptors (Lipinski definition) is 3. The molecule has 22 heavy (non-hydrogen) atoms. The third-order valence-corrected chi connectivity index (χ3v) is 3.83. The summed E-state index contributed by atoms with van der Waals surface area (Å²) >= 11 is 0. The van der Waals surface area contributed by atoms with Gasteiger partial charge in [0, 0.05) is 45.8 Å². The average Bonchev–Trinajstić information content (AvgIpc) is 2.47. The van der Waals surface area contributed by atoms with Crippen LogP contribution in [0.2, 0.25) is 0 Å². The second kappa shape index (κ2) is 7.00. The van der Waals surface area contributed by atoms with Gasteiger partial charge in [-0.05, 0) is 42.5 Å². The third kappa shape index (κ3) is 4.26. The van der Waals surface area contributed by atoms with E-state index in [1.807, 2.05) is 0 Å². The van der Waals surface area contributed by atoms with Gasteiger partial charge in [-0.15, -0.1) is 0 Å². The molecule has 0 bridgehead atoms. The third-order valence-electron chi connectivity index (χ3n) is 2.89. The summed E-state index contributed by atoms with van der Waals surface area (Å²) in [6.45, 7) is 1.42. The molecule has 0 aliphatic carbocycles. The minimum atomic E-state index is -1.07. The zero-order valence-corrected chi connectivity index (χ0v) is 13.1. The van der Waals surface area contributed by atoms with Crippen LogP contribution in [0.3, 0.4) is 0 Å². The van der Waals surface area contributed by atoms with Gasteiger partial charge in [-0.25, -0.2) is 0 Å². The minimum Gasteiger partial charge on any atom is -0.326 e. The molecule has 0 aliphatic heterocycles. The minimum absolute atomic E-state index is 0.174. The fraction of sp³-hybridized carbons (Fsp3) is 0.125. The van der Waals surface area contributed by atoms with Crippen molar-refractivity contribution < 1.29 is 13.8 Å². The van der Waals surface area contributed by atoms with E-state index in [0.717, 1.165) is 0 Å². The fourth-order valence-corrected chi connectivity index (χ4v) is 2.40. The molecule has 0 heterocycles. The number of carbonyl (C=O) groups is 2. The molecule has 2 aromatic carbocycles. The molecule has 2 rings (SSSR count). The molecule has 2 amide bonds. The van der Waals surface area contributed by atoms with Gasteiger partial charge in [0.2, 0.25) is 5.91 Å². The molecule has 0 aromatic heterocycles. The van der Waals surface area contributed by atoms with E-state index in [4.69, 9.17) is 0 Å². The van der Waals surface area contributed by atoms with Crippen molar-refractivity contribution in [1.82, 2.24) is 0 Å². The van der Waals surface area contributed by atoms with Gasteiger partial charge >= 0.3 is 0 Å². The monoisotopic (exact) mass is 316 g/mol. The molecule has 6 heteroatoms. The molecule has 2 aromatic rings. The average molecular weight is 316 g/mol. The highest BCUT2D eigenvalue weighted by Gasteiger charge is 2.07. The lowest BCUT2D eigenvalue weighted by Gasteiger charge is -2.08. The van der Waals surface area contributed by atoms with Crippen LogP contribution in [0.25, 0.3) is 0 Å². The summed E-state index contributed by atoms with van der Waals surface area (Å²) in [4.78, 5) is 23.9. The molecule has 1 atom stereocenters. The van der Waals surface area contributed by atoms with Crippen molar-refractivity contribution in [3.63, 3.8) is 0 Å². The van der Waals surface area contributed by atoms with Crippen LogP contribution >= 0.6 is 0 Å².